The van der Waals surface area contributed by atoms with Gasteiger partial charge < -0.3 is 14.6 Å². The summed E-state index contributed by atoms with van der Waals surface area (Å²) in [6, 6.07) is 12.5. The van der Waals surface area contributed by atoms with Gasteiger partial charge in [-0.3, -0.25) is 9.69 Å². The van der Waals surface area contributed by atoms with Crippen LogP contribution in [0, 0.1) is 0 Å². The van der Waals surface area contributed by atoms with Crippen molar-refractivity contribution in [2.45, 2.75) is 44.4 Å². The predicted octanol–water partition coefficient (Wildman–Crippen LogP) is 4.06. The number of aliphatic hydroxyl groups excluding tert-OH is 1. The molecule has 136 valence electrons. The van der Waals surface area contributed by atoms with Crippen molar-refractivity contribution in [1.82, 2.24) is 0 Å². The number of aliphatic hydroxyl groups is 1. The number of carbonyl (C=O) groups excluding carboxylic acids is 1. The van der Waals surface area contributed by atoms with Gasteiger partial charge in [0.25, 0.3) is 5.91 Å². The number of fused-ring (bicyclic) bond motifs is 1. The molecular weight excluding hydrogens is 330 g/mol. The SMILES string of the molecule is COc1ccc(N2C(=O)c3ccccc3C2O)cc1OC1CCCCC1. The molecule has 4 rings (SSSR count). The molecule has 0 radical (unpaired) electrons. The van der Waals surface area contributed by atoms with Gasteiger partial charge in [0.1, 0.15) is 0 Å². The minimum atomic E-state index is -0.991. The first-order chi connectivity index (χ1) is 12.7. The molecule has 1 unspecified atom stereocenters. The van der Waals surface area contributed by atoms with E-state index in [1.165, 1.54) is 24.2 Å². The first-order valence-corrected chi connectivity index (χ1v) is 9.14. The molecule has 0 aromatic heterocycles. The Balaban J connectivity index is 1.65. The van der Waals surface area contributed by atoms with E-state index in [-0.39, 0.29) is 12.0 Å². The first kappa shape index (κ1) is 16.9. The number of ether oxygens (including phenoxy) is 2. The van der Waals surface area contributed by atoms with Crippen molar-refractivity contribution in [1.29, 1.82) is 0 Å². The van der Waals surface area contributed by atoms with Crippen molar-refractivity contribution in [2.24, 2.45) is 0 Å². The lowest BCUT2D eigenvalue weighted by Crippen LogP contribution is -2.27. The Morgan fingerprint density at radius 2 is 1.81 bits per heavy atom. The molecule has 1 aliphatic heterocycles. The van der Waals surface area contributed by atoms with E-state index in [4.69, 9.17) is 9.47 Å². The molecule has 1 heterocycles. The summed E-state index contributed by atoms with van der Waals surface area (Å²) in [7, 11) is 1.61. The smallest absolute Gasteiger partial charge is 0.261 e. The lowest BCUT2D eigenvalue weighted by Gasteiger charge is -2.26. The third-order valence-corrected chi connectivity index (χ3v) is 5.20. The van der Waals surface area contributed by atoms with Crippen LogP contribution >= 0.6 is 0 Å². The molecule has 5 heteroatoms. The van der Waals surface area contributed by atoms with E-state index in [2.05, 4.69) is 0 Å². The van der Waals surface area contributed by atoms with Crippen molar-refractivity contribution in [3.8, 4) is 11.5 Å². The maximum absolute atomic E-state index is 12.8. The van der Waals surface area contributed by atoms with Crippen LogP contribution in [0.5, 0.6) is 11.5 Å². The number of hydrogen-bond donors (Lipinski definition) is 1. The van der Waals surface area contributed by atoms with Crippen LogP contribution in [0.1, 0.15) is 54.3 Å². The van der Waals surface area contributed by atoms with Crippen LogP contribution in [0.15, 0.2) is 42.5 Å². The molecule has 26 heavy (non-hydrogen) atoms. The Kier molecular flexibility index (Phi) is 4.55. The average Bonchev–Trinajstić information content (AvgIpc) is 2.94. The number of benzene rings is 2. The Morgan fingerprint density at radius 1 is 1.04 bits per heavy atom. The lowest BCUT2D eigenvalue weighted by atomic mass is 9.98. The highest BCUT2D eigenvalue weighted by Gasteiger charge is 2.36. The fourth-order valence-electron chi connectivity index (χ4n) is 3.83. The summed E-state index contributed by atoms with van der Waals surface area (Å²) in [5, 5.41) is 10.6. The molecule has 1 amide bonds. The van der Waals surface area contributed by atoms with Gasteiger partial charge in [-0.25, -0.2) is 0 Å². The number of anilines is 1. The summed E-state index contributed by atoms with van der Waals surface area (Å²) < 4.78 is 11.6. The Hall–Kier alpha value is -2.53. The summed E-state index contributed by atoms with van der Waals surface area (Å²) in [5.41, 5.74) is 1.76. The molecule has 5 nitrogen and oxygen atoms in total. The standard InChI is InChI=1S/C21H23NO4/c1-25-18-12-11-14(13-19(18)26-15-7-3-2-4-8-15)22-20(23)16-9-5-6-10-17(16)21(22)24/h5-6,9-13,15,20,23H,2-4,7-8H2,1H3. The number of amides is 1. The normalized spacial score (nSPS) is 20.2. The molecule has 2 aromatic rings. The summed E-state index contributed by atoms with van der Waals surface area (Å²) in [4.78, 5) is 14.2. The topological polar surface area (TPSA) is 59.0 Å². The third kappa shape index (κ3) is 2.92. The number of methoxy groups -OCH3 is 1. The number of nitrogens with zero attached hydrogens (tertiary/aromatic N) is 1. The van der Waals surface area contributed by atoms with Crippen molar-refractivity contribution < 1.29 is 19.4 Å². The summed E-state index contributed by atoms with van der Waals surface area (Å²) in [6.07, 6.45) is 4.84. The minimum Gasteiger partial charge on any atom is -0.493 e. The maximum Gasteiger partial charge on any atom is 0.261 e. The van der Waals surface area contributed by atoms with Crippen LogP contribution in [-0.4, -0.2) is 24.2 Å². The van der Waals surface area contributed by atoms with Gasteiger partial charge in [0.05, 0.1) is 18.9 Å². The molecule has 1 fully saturated rings. The second-order valence-electron chi connectivity index (χ2n) is 6.85. The van der Waals surface area contributed by atoms with Crippen LogP contribution in [0.2, 0.25) is 0 Å². The Labute approximate surface area is 153 Å². The monoisotopic (exact) mass is 353 g/mol. The van der Waals surface area contributed by atoms with Gasteiger partial charge in [-0.05, 0) is 43.9 Å². The van der Waals surface area contributed by atoms with Gasteiger partial charge in [-0.15, -0.1) is 0 Å². The summed E-state index contributed by atoms with van der Waals surface area (Å²) in [6.45, 7) is 0. The first-order valence-electron chi connectivity index (χ1n) is 9.14. The fourth-order valence-corrected chi connectivity index (χ4v) is 3.83. The van der Waals surface area contributed by atoms with Gasteiger partial charge in [-0.2, -0.15) is 0 Å². The van der Waals surface area contributed by atoms with Crippen LogP contribution in [0.25, 0.3) is 0 Å². The van der Waals surface area contributed by atoms with Crippen LogP contribution < -0.4 is 14.4 Å². The highest BCUT2D eigenvalue weighted by Crippen LogP contribution is 2.40. The largest absolute Gasteiger partial charge is 0.493 e. The van der Waals surface area contributed by atoms with E-state index in [9.17, 15) is 9.90 Å². The van der Waals surface area contributed by atoms with Gasteiger partial charge in [0.2, 0.25) is 0 Å². The fraction of sp³-hybridized carbons (Fsp3) is 0.381. The number of carbonyl (C=O) groups is 1. The molecule has 0 bridgehead atoms. The van der Waals surface area contributed by atoms with Crippen molar-refractivity contribution >= 4 is 11.6 Å². The molecule has 1 N–H and O–H groups in total. The lowest BCUT2D eigenvalue weighted by molar-refractivity contribution is 0.0935. The molecule has 2 aromatic carbocycles. The highest BCUT2D eigenvalue weighted by molar-refractivity contribution is 6.10. The van der Waals surface area contributed by atoms with Gasteiger partial charge in [-0.1, -0.05) is 24.6 Å². The Morgan fingerprint density at radius 3 is 2.54 bits per heavy atom. The molecule has 0 saturated heterocycles. The van der Waals surface area contributed by atoms with Gasteiger partial charge >= 0.3 is 0 Å². The van der Waals surface area contributed by atoms with E-state index in [0.717, 1.165) is 12.8 Å². The molecule has 2 aliphatic rings. The van der Waals surface area contributed by atoms with E-state index in [1.807, 2.05) is 6.07 Å². The molecule has 1 saturated carbocycles. The predicted molar refractivity (Wildman–Crippen MR) is 98.7 cm³/mol. The van der Waals surface area contributed by atoms with Crippen molar-refractivity contribution in [3.05, 3.63) is 53.6 Å². The molecule has 1 atom stereocenters. The van der Waals surface area contributed by atoms with E-state index in [0.29, 0.717) is 28.3 Å². The average molecular weight is 353 g/mol. The van der Waals surface area contributed by atoms with Gasteiger partial charge in [0, 0.05) is 17.2 Å². The van der Waals surface area contributed by atoms with E-state index < -0.39 is 6.23 Å². The zero-order valence-corrected chi connectivity index (χ0v) is 14.9. The number of rotatable bonds is 4. The molecule has 0 spiro atoms. The van der Waals surface area contributed by atoms with E-state index in [1.54, 1.807) is 43.5 Å². The molecule has 1 aliphatic carbocycles. The minimum absolute atomic E-state index is 0.171. The van der Waals surface area contributed by atoms with Crippen molar-refractivity contribution in [2.75, 3.05) is 12.0 Å². The van der Waals surface area contributed by atoms with E-state index >= 15 is 0 Å². The number of hydrogen-bond acceptors (Lipinski definition) is 4. The quantitative estimate of drug-likeness (QED) is 0.901. The molecular formula is C21H23NO4. The summed E-state index contributed by atoms with van der Waals surface area (Å²) in [5.74, 6) is 1.05. The third-order valence-electron chi connectivity index (χ3n) is 5.20. The van der Waals surface area contributed by atoms with Crippen LogP contribution in [0.3, 0.4) is 0 Å². The van der Waals surface area contributed by atoms with Crippen LogP contribution in [-0.2, 0) is 0 Å². The maximum atomic E-state index is 12.8. The van der Waals surface area contributed by atoms with Crippen molar-refractivity contribution in [3.63, 3.8) is 0 Å². The highest BCUT2D eigenvalue weighted by atomic mass is 16.5. The zero-order chi connectivity index (χ0) is 18.1. The Bertz CT molecular complexity index is 813. The summed E-state index contributed by atoms with van der Waals surface area (Å²) >= 11 is 0. The van der Waals surface area contributed by atoms with Gasteiger partial charge in [0.15, 0.2) is 17.7 Å². The van der Waals surface area contributed by atoms with Crippen LogP contribution in [0.4, 0.5) is 5.69 Å². The zero-order valence-electron chi connectivity index (χ0n) is 14.9. The second kappa shape index (κ2) is 7.00. The second-order valence-corrected chi connectivity index (χ2v) is 6.85.